The molecule has 0 saturated heterocycles. The number of furan rings is 3. The van der Waals surface area contributed by atoms with Gasteiger partial charge in [-0.3, -0.25) is 0 Å². The first kappa shape index (κ1) is 30.8. The van der Waals surface area contributed by atoms with E-state index in [1.165, 1.54) is 38.4 Å². The molecule has 8 aromatic carbocycles. The van der Waals surface area contributed by atoms with Crippen LogP contribution in [0.15, 0.2) is 165 Å². The molecule has 0 bridgehead atoms. The summed E-state index contributed by atoms with van der Waals surface area (Å²) in [5.41, 5.74) is 11.0. The van der Waals surface area contributed by atoms with Crippen LogP contribution in [0.2, 0.25) is 0 Å². The first-order chi connectivity index (χ1) is 26.7. The van der Waals surface area contributed by atoms with Crippen molar-refractivity contribution in [1.82, 2.24) is 0 Å². The van der Waals surface area contributed by atoms with E-state index in [1.807, 2.05) is 50.2 Å². The first-order valence-corrected chi connectivity index (χ1v) is 18.8. The van der Waals surface area contributed by atoms with Gasteiger partial charge in [-0.25, -0.2) is 0 Å². The van der Waals surface area contributed by atoms with Gasteiger partial charge in [0.1, 0.15) is 34.0 Å². The lowest BCUT2D eigenvalue weighted by molar-refractivity contribution is 0.630. The topological polar surface area (TPSA) is 39.4 Å². The highest BCUT2D eigenvalue weighted by Gasteiger charge is 2.25. The van der Waals surface area contributed by atoms with Crippen molar-refractivity contribution < 1.29 is 13.3 Å². The number of allylic oxidation sites excluding steroid dienone is 1. The summed E-state index contributed by atoms with van der Waals surface area (Å²) in [6.45, 7) is 4.00. The molecule has 3 heteroatoms. The number of hydrogen-bond donors (Lipinski definition) is 0. The summed E-state index contributed by atoms with van der Waals surface area (Å²) in [4.78, 5) is 0. The molecule has 1 aliphatic rings. The van der Waals surface area contributed by atoms with Crippen LogP contribution in [0, 0.1) is 0 Å². The highest BCUT2D eigenvalue weighted by Crippen LogP contribution is 2.50. The standard InChI is InChI=1S/C49H28O3.C2H6/c1-2-10-29-22-33(21-28(29)9-1)38-26-39(45-23-30-11-3-6-14-42(30)50-45)35-19-20-37-41(47-25-32-13-5-8-16-44(32)52-47)27-40(36-18-17-34(38)48(35)49(36)37)46-24-31-12-4-7-15-43(31)51-46;1-2/h1-21,23-27H,22H2;1-2H3. The van der Waals surface area contributed by atoms with Crippen molar-refractivity contribution in [3.8, 4) is 34.0 Å². The lowest BCUT2D eigenvalue weighted by atomic mass is 9.83. The van der Waals surface area contributed by atoms with Crippen LogP contribution in [-0.2, 0) is 6.42 Å². The Balaban J connectivity index is 0.00000168. The van der Waals surface area contributed by atoms with Gasteiger partial charge in [0.05, 0.1) is 0 Å². The van der Waals surface area contributed by atoms with E-state index in [1.54, 1.807) is 0 Å². The van der Waals surface area contributed by atoms with E-state index in [-0.39, 0.29) is 0 Å². The van der Waals surface area contributed by atoms with Crippen LogP contribution in [-0.4, -0.2) is 0 Å². The fraction of sp³-hybridized carbons (Fsp3) is 0.0588. The van der Waals surface area contributed by atoms with Gasteiger partial charge in [-0.15, -0.1) is 0 Å². The zero-order valence-corrected chi connectivity index (χ0v) is 29.9. The molecule has 1 aliphatic carbocycles. The van der Waals surface area contributed by atoms with Crippen molar-refractivity contribution in [3.63, 3.8) is 0 Å². The average molecular weight is 695 g/mol. The van der Waals surface area contributed by atoms with Crippen molar-refractivity contribution in [2.45, 2.75) is 20.3 Å². The number of rotatable bonds is 4. The normalized spacial score (nSPS) is 12.7. The maximum Gasteiger partial charge on any atom is 0.136 e. The summed E-state index contributed by atoms with van der Waals surface area (Å²) < 4.78 is 19.8. The number of para-hydroxylation sites is 3. The Hall–Kier alpha value is -6.84. The van der Waals surface area contributed by atoms with Crippen LogP contribution >= 0.6 is 0 Å². The van der Waals surface area contributed by atoms with E-state index in [2.05, 4.69) is 121 Å². The van der Waals surface area contributed by atoms with Gasteiger partial charge in [0, 0.05) is 32.8 Å². The van der Waals surface area contributed by atoms with Gasteiger partial charge >= 0.3 is 0 Å². The van der Waals surface area contributed by atoms with Gasteiger partial charge in [-0.1, -0.05) is 123 Å². The van der Waals surface area contributed by atoms with Crippen LogP contribution < -0.4 is 0 Å². The lowest BCUT2D eigenvalue weighted by Crippen LogP contribution is -1.95. The molecule has 0 aliphatic heterocycles. The molecule has 0 amide bonds. The fourth-order valence-corrected chi connectivity index (χ4v) is 8.67. The average Bonchev–Trinajstić information content (AvgIpc) is 4.04. The van der Waals surface area contributed by atoms with Crippen molar-refractivity contribution >= 4 is 76.9 Å². The monoisotopic (exact) mass is 694 g/mol. The molecule has 11 aromatic rings. The maximum atomic E-state index is 6.63. The van der Waals surface area contributed by atoms with Crippen LogP contribution in [0.3, 0.4) is 0 Å². The van der Waals surface area contributed by atoms with Gasteiger partial charge in [0.25, 0.3) is 0 Å². The van der Waals surface area contributed by atoms with Crippen molar-refractivity contribution in [1.29, 1.82) is 0 Å². The Labute approximate surface area is 311 Å². The predicted octanol–water partition coefficient (Wildman–Crippen LogP) is 14.9. The molecule has 3 heterocycles. The van der Waals surface area contributed by atoms with E-state index in [4.69, 9.17) is 13.3 Å². The third-order valence-electron chi connectivity index (χ3n) is 11.1. The summed E-state index contributed by atoms with van der Waals surface area (Å²) in [6, 6.07) is 53.7. The van der Waals surface area contributed by atoms with Crippen LogP contribution in [0.4, 0.5) is 0 Å². The minimum Gasteiger partial charge on any atom is -0.456 e. The molecule has 0 fully saturated rings. The number of fused-ring (bicyclic) bond motifs is 4. The Kier molecular flexibility index (Phi) is 6.74. The lowest BCUT2D eigenvalue weighted by Gasteiger charge is -2.20. The molecule has 0 atom stereocenters. The molecular formula is C51H34O3. The minimum atomic E-state index is 0.836. The predicted molar refractivity (Wildman–Crippen MR) is 225 cm³/mol. The molecule has 256 valence electrons. The van der Waals surface area contributed by atoms with Crippen molar-refractivity contribution in [2.75, 3.05) is 0 Å². The second-order valence-corrected chi connectivity index (χ2v) is 14.0. The Morgan fingerprint density at radius 1 is 0.389 bits per heavy atom. The largest absolute Gasteiger partial charge is 0.456 e. The van der Waals surface area contributed by atoms with Gasteiger partial charge in [0.15, 0.2) is 0 Å². The first-order valence-electron chi connectivity index (χ1n) is 18.8. The van der Waals surface area contributed by atoms with Gasteiger partial charge < -0.3 is 13.3 Å². The number of benzene rings is 8. The van der Waals surface area contributed by atoms with E-state index in [9.17, 15) is 0 Å². The fourth-order valence-electron chi connectivity index (χ4n) is 8.67. The van der Waals surface area contributed by atoms with Crippen LogP contribution in [0.5, 0.6) is 0 Å². The zero-order valence-electron chi connectivity index (χ0n) is 29.9. The Morgan fingerprint density at radius 3 is 1.22 bits per heavy atom. The molecule has 0 unspecified atom stereocenters. The third-order valence-corrected chi connectivity index (χ3v) is 11.1. The van der Waals surface area contributed by atoms with Gasteiger partial charge in [-0.05, 0) is 110 Å². The Bertz CT molecular complexity index is 3080. The SMILES string of the molecule is C1=C(c2cc(-c3cc4ccccc4o3)c3ccc4c(-c5cc6ccccc6o5)cc(-c5cc6ccccc6o5)c5ccc2c3c54)Cc2ccccc21.CC. The molecule has 54 heavy (non-hydrogen) atoms. The Morgan fingerprint density at radius 2 is 0.778 bits per heavy atom. The summed E-state index contributed by atoms with van der Waals surface area (Å²) in [5, 5.41) is 10.3. The molecule has 3 nitrogen and oxygen atoms in total. The van der Waals surface area contributed by atoms with E-state index in [0.29, 0.717) is 0 Å². The molecule has 12 rings (SSSR count). The van der Waals surface area contributed by atoms with Crippen LogP contribution in [0.25, 0.3) is 111 Å². The highest BCUT2D eigenvalue weighted by molar-refractivity contribution is 6.31. The van der Waals surface area contributed by atoms with E-state index < -0.39 is 0 Å². The molecular weight excluding hydrogens is 661 g/mol. The van der Waals surface area contributed by atoms with Gasteiger partial charge in [-0.2, -0.15) is 0 Å². The molecule has 0 spiro atoms. The summed E-state index contributed by atoms with van der Waals surface area (Å²) >= 11 is 0. The summed E-state index contributed by atoms with van der Waals surface area (Å²) in [7, 11) is 0. The molecule has 3 aromatic heterocycles. The van der Waals surface area contributed by atoms with Crippen LogP contribution in [0.1, 0.15) is 30.5 Å². The van der Waals surface area contributed by atoms with Crippen molar-refractivity contribution in [2.24, 2.45) is 0 Å². The number of hydrogen-bond acceptors (Lipinski definition) is 3. The summed E-state index contributed by atoms with van der Waals surface area (Å²) in [6.07, 6.45) is 3.25. The molecule has 0 saturated carbocycles. The minimum absolute atomic E-state index is 0.836. The van der Waals surface area contributed by atoms with E-state index >= 15 is 0 Å². The summed E-state index contributed by atoms with van der Waals surface area (Å²) in [5.74, 6) is 2.54. The second kappa shape index (κ2) is 11.8. The van der Waals surface area contributed by atoms with Crippen molar-refractivity contribution in [3.05, 3.63) is 168 Å². The zero-order chi connectivity index (χ0) is 35.9. The molecule has 0 N–H and O–H groups in total. The molecule has 0 radical (unpaired) electrons. The second-order valence-electron chi connectivity index (χ2n) is 14.0. The maximum absolute atomic E-state index is 6.63. The van der Waals surface area contributed by atoms with Gasteiger partial charge in [0.2, 0.25) is 0 Å². The third kappa shape index (κ3) is 4.55. The quantitative estimate of drug-likeness (QED) is 0.172. The van der Waals surface area contributed by atoms with E-state index in [0.717, 1.165) is 89.5 Å². The highest BCUT2D eigenvalue weighted by atomic mass is 16.3. The smallest absolute Gasteiger partial charge is 0.136 e.